The predicted molar refractivity (Wildman–Crippen MR) is 135 cm³/mol. The third kappa shape index (κ3) is 5.12. The second-order valence-corrected chi connectivity index (χ2v) is 9.58. The summed E-state index contributed by atoms with van der Waals surface area (Å²) in [5.74, 6) is -0.697. The number of fused-ring (bicyclic) bond motifs is 1. The summed E-state index contributed by atoms with van der Waals surface area (Å²) in [6, 6.07) is 7.64. The Kier molecular flexibility index (Phi) is 7.29. The van der Waals surface area contributed by atoms with E-state index in [1.54, 1.807) is 24.4 Å². The van der Waals surface area contributed by atoms with Gasteiger partial charge in [0, 0.05) is 44.5 Å². The van der Waals surface area contributed by atoms with E-state index in [9.17, 15) is 19.1 Å². The molecule has 0 spiro atoms. The molecule has 9 heteroatoms. The lowest BCUT2D eigenvalue weighted by molar-refractivity contribution is 0.0364. The van der Waals surface area contributed by atoms with E-state index in [2.05, 4.69) is 15.2 Å². The summed E-state index contributed by atoms with van der Waals surface area (Å²) >= 11 is 0. The molecule has 0 atom stereocenters. The summed E-state index contributed by atoms with van der Waals surface area (Å²) in [5.41, 5.74) is 0.838. The Hall–Kier alpha value is -3.30. The molecule has 8 nitrogen and oxygen atoms in total. The molecule has 190 valence electrons. The monoisotopic (exact) mass is 494 g/mol. The summed E-state index contributed by atoms with van der Waals surface area (Å²) in [7, 11) is 0. The summed E-state index contributed by atoms with van der Waals surface area (Å²) < 4.78 is 20.3. The van der Waals surface area contributed by atoms with Crippen LogP contribution in [0.3, 0.4) is 0 Å². The zero-order chi connectivity index (χ0) is 25.1. The highest BCUT2D eigenvalue weighted by Crippen LogP contribution is 2.31. The van der Waals surface area contributed by atoms with Gasteiger partial charge in [0.25, 0.3) is 11.5 Å². The summed E-state index contributed by atoms with van der Waals surface area (Å²) in [6.45, 7) is 4.18. The average molecular weight is 495 g/mol. The first-order chi connectivity index (χ1) is 17.5. The molecule has 2 fully saturated rings. The fraction of sp³-hybridized carbons (Fsp3) is 0.444. The van der Waals surface area contributed by atoms with E-state index in [1.807, 2.05) is 0 Å². The van der Waals surface area contributed by atoms with Crippen LogP contribution < -0.4 is 10.9 Å². The normalized spacial score (nSPS) is 16.7. The molecular weight excluding hydrogens is 463 g/mol. The number of rotatable bonds is 8. The van der Waals surface area contributed by atoms with Gasteiger partial charge in [0.05, 0.1) is 18.6 Å². The van der Waals surface area contributed by atoms with Crippen molar-refractivity contribution in [3.63, 3.8) is 0 Å². The molecule has 36 heavy (non-hydrogen) atoms. The van der Waals surface area contributed by atoms with Crippen molar-refractivity contribution in [1.29, 1.82) is 0 Å². The molecule has 0 unspecified atom stereocenters. The van der Waals surface area contributed by atoms with Gasteiger partial charge in [0.2, 0.25) is 0 Å². The number of carbonyl (C=O) groups is 1. The molecule has 3 aromatic rings. The number of morpholine rings is 1. The number of nitrogens with one attached hydrogen (secondary N) is 1. The number of aromatic nitrogens is 2. The number of benzene rings is 1. The Labute approximate surface area is 208 Å². The molecule has 1 aromatic carbocycles. The number of carbonyl (C=O) groups excluding carboxylic acids is 1. The second-order valence-electron chi connectivity index (χ2n) is 9.58. The first-order valence-corrected chi connectivity index (χ1v) is 12.6. The van der Waals surface area contributed by atoms with Crippen LogP contribution in [0.5, 0.6) is 5.75 Å². The summed E-state index contributed by atoms with van der Waals surface area (Å²) in [5, 5.41) is 14.3. The Bertz CT molecular complexity index is 1300. The molecule has 2 aromatic heterocycles. The SMILES string of the molecule is O=C(NCCC1CCC1)c1c(O)c2cc(-c3ccc(F)cc3)cnc2n(CCN2CCOCC2)c1=O. The Morgan fingerprint density at radius 3 is 2.58 bits per heavy atom. The molecule has 1 saturated carbocycles. The van der Waals surface area contributed by atoms with Crippen LogP contribution in [0.2, 0.25) is 0 Å². The van der Waals surface area contributed by atoms with Gasteiger partial charge in [-0.05, 0) is 36.1 Å². The van der Waals surface area contributed by atoms with Crippen molar-refractivity contribution >= 4 is 16.9 Å². The van der Waals surface area contributed by atoms with E-state index >= 15 is 0 Å². The number of ether oxygens (including phenoxy) is 1. The number of hydrogen-bond donors (Lipinski definition) is 2. The van der Waals surface area contributed by atoms with Gasteiger partial charge in [-0.25, -0.2) is 9.37 Å². The maximum atomic E-state index is 13.5. The van der Waals surface area contributed by atoms with Crippen molar-refractivity contribution in [2.75, 3.05) is 39.4 Å². The topological polar surface area (TPSA) is 96.7 Å². The van der Waals surface area contributed by atoms with E-state index in [4.69, 9.17) is 4.74 Å². The largest absolute Gasteiger partial charge is 0.506 e. The maximum Gasteiger partial charge on any atom is 0.268 e. The van der Waals surface area contributed by atoms with E-state index in [0.717, 1.165) is 19.5 Å². The smallest absolute Gasteiger partial charge is 0.268 e. The van der Waals surface area contributed by atoms with Gasteiger partial charge >= 0.3 is 0 Å². The van der Waals surface area contributed by atoms with Crippen LogP contribution in [-0.4, -0.2) is 64.9 Å². The van der Waals surface area contributed by atoms with Gasteiger partial charge < -0.3 is 15.2 Å². The van der Waals surface area contributed by atoms with Crippen molar-refractivity contribution in [2.24, 2.45) is 5.92 Å². The van der Waals surface area contributed by atoms with Crippen LogP contribution in [0.25, 0.3) is 22.2 Å². The highest BCUT2D eigenvalue weighted by Gasteiger charge is 2.25. The molecule has 1 aliphatic heterocycles. The van der Waals surface area contributed by atoms with Crippen LogP contribution in [-0.2, 0) is 11.3 Å². The van der Waals surface area contributed by atoms with E-state index in [-0.39, 0.29) is 17.1 Å². The van der Waals surface area contributed by atoms with Crippen LogP contribution in [0, 0.1) is 11.7 Å². The first-order valence-electron chi connectivity index (χ1n) is 12.6. The Balaban J connectivity index is 1.51. The summed E-state index contributed by atoms with van der Waals surface area (Å²) in [4.78, 5) is 33.3. The number of nitrogens with zero attached hydrogens (tertiary/aromatic N) is 3. The molecule has 2 N–H and O–H groups in total. The lowest BCUT2D eigenvalue weighted by atomic mass is 9.83. The zero-order valence-corrected chi connectivity index (χ0v) is 20.2. The van der Waals surface area contributed by atoms with Crippen molar-refractivity contribution in [2.45, 2.75) is 32.2 Å². The molecule has 1 aliphatic carbocycles. The van der Waals surface area contributed by atoms with Crippen molar-refractivity contribution < 1.29 is 19.0 Å². The van der Waals surface area contributed by atoms with E-state index < -0.39 is 11.5 Å². The minimum absolute atomic E-state index is 0.267. The number of pyridine rings is 2. The molecule has 3 heterocycles. The lowest BCUT2D eigenvalue weighted by Gasteiger charge is -2.27. The van der Waals surface area contributed by atoms with Crippen molar-refractivity contribution in [3.8, 4) is 16.9 Å². The second kappa shape index (κ2) is 10.8. The molecule has 5 rings (SSSR count). The third-order valence-electron chi connectivity index (χ3n) is 7.28. The first kappa shape index (κ1) is 24.4. The van der Waals surface area contributed by atoms with Crippen molar-refractivity contribution in [1.82, 2.24) is 19.8 Å². The van der Waals surface area contributed by atoms with Gasteiger partial charge in [-0.1, -0.05) is 31.4 Å². The fourth-order valence-corrected chi connectivity index (χ4v) is 4.85. The average Bonchev–Trinajstić information content (AvgIpc) is 2.86. The lowest BCUT2D eigenvalue weighted by Crippen LogP contribution is -2.40. The maximum absolute atomic E-state index is 13.5. The van der Waals surface area contributed by atoms with Crippen molar-refractivity contribution in [3.05, 3.63) is 58.3 Å². The fourth-order valence-electron chi connectivity index (χ4n) is 4.85. The van der Waals surface area contributed by atoms with Crippen LogP contribution in [0.1, 0.15) is 36.0 Å². The van der Waals surface area contributed by atoms with Crippen LogP contribution >= 0.6 is 0 Å². The molecule has 0 bridgehead atoms. The van der Waals surface area contributed by atoms with Gasteiger partial charge in [0.1, 0.15) is 22.8 Å². The number of hydrogen-bond acceptors (Lipinski definition) is 6. The standard InChI is InChI=1S/C27H31FN4O4/c28-21-6-4-19(5-7-21)20-16-22-24(33)23(26(34)29-9-8-18-2-1-3-18)27(35)32(25(22)30-17-20)11-10-31-12-14-36-15-13-31/h4-7,16-18,33H,1-3,8-15H2,(H,29,34). The van der Waals surface area contributed by atoms with Gasteiger partial charge in [-0.3, -0.25) is 19.1 Å². The predicted octanol–water partition coefficient (Wildman–Crippen LogP) is 3.16. The van der Waals surface area contributed by atoms with Gasteiger partial charge in [-0.15, -0.1) is 0 Å². The highest BCUT2D eigenvalue weighted by molar-refractivity contribution is 6.02. The number of halogens is 1. The molecule has 1 saturated heterocycles. The summed E-state index contributed by atoms with van der Waals surface area (Å²) in [6.07, 6.45) is 6.02. The molecule has 0 radical (unpaired) electrons. The minimum atomic E-state index is -0.578. The van der Waals surface area contributed by atoms with E-state index in [1.165, 1.54) is 36.0 Å². The van der Waals surface area contributed by atoms with Gasteiger partial charge in [0.15, 0.2) is 0 Å². The number of amides is 1. The highest BCUT2D eigenvalue weighted by atomic mass is 19.1. The minimum Gasteiger partial charge on any atom is -0.506 e. The quantitative estimate of drug-likeness (QED) is 0.500. The molecule has 1 amide bonds. The van der Waals surface area contributed by atoms with Crippen LogP contribution in [0.15, 0.2) is 41.3 Å². The Morgan fingerprint density at radius 2 is 1.89 bits per heavy atom. The third-order valence-corrected chi connectivity index (χ3v) is 7.28. The molecule has 2 aliphatic rings. The number of aromatic hydroxyl groups is 1. The van der Waals surface area contributed by atoms with Gasteiger partial charge in [-0.2, -0.15) is 0 Å². The van der Waals surface area contributed by atoms with Crippen LogP contribution in [0.4, 0.5) is 4.39 Å². The zero-order valence-electron chi connectivity index (χ0n) is 20.2. The Morgan fingerprint density at radius 1 is 1.14 bits per heavy atom. The molecular formula is C27H31FN4O4. The van der Waals surface area contributed by atoms with E-state index in [0.29, 0.717) is 60.9 Å².